The van der Waals surface area contributed by atoms with Crippen molar-refractivity contribution in [2.75, 3.05) is 43.7 Å². The fourth-order valence-electron chi connectivity index (χ4n) is 9.26. The number of nitrogen functional groups attached to an aromatic ring is 2. The smallest absolute Gasteiger partial charge is 0.490 e. The number of aromatic hydroxyl groups is 1. The zero-order valence-corrected chi connectivity index (χ0v) is 46.5. The third kappa shape index (κ3) is 12.6. The molecule has 6 aromatic heterocycles. The quantitative estimate of drug-likeness (QED) is 0.0259. The number of nitrogens with one attached hydrogen (secondary N) is 2. The lowest BCUT2D eigenvalue weighted by atomic mass is 10.1. The number of phosphoric acid groups is 4. The number of aromatic amines is 1. The van der Waals surface area contributed by atoms with E-state index >= 15 is 0 Å². The molecule has 1 aromatic carbocycles. The minimum absolute atomic E-state index is 0.0322. The Kier molecular flexibility index (Phi) is 16.8. The van der Waals surface area contributed by atoms with E-state index in [1.807, 2.05) is 31.2 Å². The van der Waals surface area contributed by atoms with Gasteiger partial charge in [0, 0.05) is 13.7 Å². The molecule has 83 heavy (non-hydrogen) atoms. The highest BCUT2D eigenvalue weighted by Gasteiger charge is 2.54. The number of hydrogen-bond donors (Lipinski definition) is 13. The molecule has 3 aliphatic heterocycles. The molecule has 450 valence electrons. The van der Waals surface area contributed by atoms with Crippen LogP contribution in [0.25, 0.3) is 33.5 Å². The van der Waals surface area contributed by atoms with Crippen LogP contribution < -0.4 is 26.9 Å². The number of methoxy groups -OCH3 is 1. The Labute approximate surface area is 463 Å². The summed E-state index contributed by atoms with van der Waals surface area (Å²) in [6.45, 7) is -1.17. The Morgan fingerprint density at radius 3 is 1.88 bits per heavy atom. The number of phosphoric ester groups is 3. The van der Waals surface area contributed by atoms with Gasteiger partial charge in [-0.1, -0.05) is 29.8 Å². The molecule has 0 amide bonds. The monoisotopic (exact) mass is 1250 g/mol. The van der Waals surface area contributed by atoms with E-state index in [0.29, 0.717) is 6.54 Å². The molecule has 0 aliphatic carbocycles. The molecule has 16 atom stereocenters. The summed E-state index contributed by atoms with van der Waals surface area (Å²) in [5.41, 5.74) is 12.4. The first-order valence-corrected chi connectivity index (χ1v) is 30.1. The third-order valence-electron chi connectivity index (χ3n) is 13.1. The number of nitrogens with zero attached hydrogens (tertiary/aromatic N) is 11. The van der Waals surface area contributed by atoms with Gasteiger partial charge in [0.05, 0.1) is 39.5 Å². The number of H-pyrrole nitrogens is 1. The molecular weight excluding hydrogens is 1200 g/mol. The molecule has 10 rings (SSSR count). The molecule has 7 aromatic rings. The van der Waals surface area contributed by atoms with Gasteiger partial charge in [0.2, 0.25) is 24.5 Å². The molecule has 3 aliphatic rings. The zero-order valence-electron chi connectivity index (χ0n) is 42.9. The first-order valence-electron chi connectivity index (χ1n) is 24.1. The highest BCUT2D eigenvalue weighted by atomic mass is 31.3. The normalized spacial score (nSPS) is 28.6. The van der Waals surface area contributed by atoms with E-state index in [-0.39, 0.29) is 51.2 Å². The number of benzene rings is 1. The van der Waals surface area contributed by atoms with Crippen molar-refractivity contribution in [3.8, 4) is 5.88 Å². The molecule has 0 radical (unpaired) electrons. The van der Waals surface area contributed by atoms with Gasteiger partial charge in [-0.25, -0.2) is 42.8 Å². The van der Waals surface area contributed by atoms with Crippen molar-refractivity contribution in [2.24, 2.45) is 7.05 Å². The summed E-state index contributed by atoms with van der Waals surface area (Å²) in [5, 5.41) is 57.0. The van der Waals surface area contributed by atoms with E-state index < -0.39 is 136 Å². The molecule has 3 saturated heterocycles. The van der Waals surface area contributed by atoms with Gasteiger partial charge in [0.15, 0.2) is 40.6 Å². The van der Waals surface area contributed by atoms with Crippen molar-refractivity contribution < 1.29 is 114 Å². The molecule has 0 bridgehead atoms. The predicted octanol–water partition coefficient (Wildman–Crippen LogP) is -1.96. The summed E-state index contributed by atoms with van der Waals surface area (Å²) in [7, 11) is -21.0. The van der Waals surface area contributed by atoms with Crippen LogP contribution in [0.1, 0.15) is 29.8 Å². The second-order valence-electron chi connectivity index (χ2n) is 18.7. The van der Waals surface area contributed by atoms with Gasteiger partial charge in [0.1, 0.15) is 61.3 Å². The number of aryl methyl sites for hydroxylation is 2. The number of aliphatic hydroxyl groups excluding tert-OH is 4. The van der Waals surface area contributed by atoms with E-state index in [1.54, 1.807) is 0 Å². The number of ether oxygens (including phenoxy) is 4. The molecule has 0 saturated carbocycles. The lowest BCUT2D eigenvalue weighted by Gasteiger charge is -2.26. The number of aromatic nitrogens is 12. The number of nitrogens with two attached hydrogens (primary N) is 2. The van der Waals surface area contributed by atoms with Crippen molar-refractivity contribution in [1.29, 1.82) is 0 Å². The Morgan fingerprint density at radius 2 is 1.25 bits per heavy atom. The van der Waals surface area contributed by atoms with Crippen LogP contribution in [0.3, 0.4) is 0 Å². The number of anilines is 3. The third-order valence-corrected chi connectivity index (χ3v) is 18.3. The molecular formula is C40H52N15O24P4+. The number of fused-ring (bicyclic) bond motifs is 3. The van der Waals surface area contributed by atoms with Crippen LogP contribution in [-0.4, -0.2) is 181 Å². The Morgan fingerprint density at radius 1 is 0.687 bits per heavy atom. The summed E-state index contributed by atoms with van der Waals surface area (Å²) < 4.78 is 110. The van der Waals surface area contributed by atoms with Crippen molar-refractivity contribution in [3.63, 3.8) is 0 Å². The van der Waals surface area contributed by atoms with Crippen LogP contribution in [0.15, 0.2) is 54.4 Å². The van der Waals surface area contributed by atoms with Crippen molar-refractivity contribution >= 4 is 82.5 Å². The minimum Gasteiger partial charge on any atom is -0.490 e. The lowest BCUT2D eigenvalue weighted by molar-refractivity contribution is -0.646. The minimum atomic E-state index is -6.22. The van der Waals surface area contributed by atoms with Gasteiger partial charge in [0.25, 0.3) is 22.6 Å². The van der Waals surface area contributed by atoms with E-state index in [9.17, 15) is 68.2 Å². The molecule has 9 heterocycles. The maximum atomic E-state index is 13.9. The van der Waals surface area contributed by atoms with E-state index in [0.717, 1.165) is 33.7 Å². The highest BCUT2D eigenvalue weighted by Crippen LogP contribution is 2.68. The van der Waals surface area contributed by atoms with Gasteiger partial charge >= 0.3 is 31.3 Å². The second kappa shape index (κ2) is 23.2. The summed E-state index contributed by atoms with van der Waals surface area (Å²) in [4.78, 5) is 86.1. The summed E-state index contributed by atoms with van der Waals surface area (Å²) in [6, 6.07) is 7.62. The topological polar surface area (TPSA) is 548 Å². The maximum absolute atomic E-state index is 13.9. The molecule has 0 spiro atoms. The summed E-state index contributed by atoms with van der Waals surface area (Å²) in [5.74, 6) is -0.973. The summed E-state index contributed by atoms with van der Waals surface area (Å²) in [6.07, 6.45) is -15.6. The van der Waals surface area contributed by atoms with Crippen molar-refractivity contribution in [3.05, 3.63) is 71.1 Å². The van der Waals surface area contributed by atoms with Gasteiger partial charge in [-0.05, 0) is 12.5 Å². The Bertz CT molecular complexity index is 3820. The SMILES string of the molecule is CO[C@H]1C(OP(=O)(O)OC[C@H]2O[C@@H](n3cnc4c(=O)[nH]c(N)nc43)[C@@H](O)C2O)[C@@H](COP(=O)(O)OP(=O)(O)OP(=O)(O)OC[C@H]2O[C@@H](n3c[n+](C)c4c(O)nc(N)nc43)C(O)C2O)O[C@H]1n1cnc2c(NCc3ccc(C)cc3)ncnc21. The number of imidazole rings is 3. The van der Waals surface area contributed by atoms with Crippen LogP contribution in [0.5, 0.6) is 5.88 Å². The average Bonchev–Trinajstić information content (AvgIpc) is 4.48. The number of rotatable bonds is 22. The van der Waals surface area contributed by atoms with Crippen LogP contribution in [0, 0.1) is 6.92 Å². The van der Waals surface area contributed by atoms with Crippen LogP contribution in [0.4, 0.5) is 17.7 Å². The predicted molar refractivity (Wildman–Crippen MR) is 272 cm³/mol. The molecule has 3 fully saturated rings. The van der Waals surface area contributed by atoms with Crippen LogP contribution in [0.2, 0.25) is 0 Å². The summed E-state index contributed by atoms with van der Waals surface area (Å²) >= 11 is 0. The molecule has 15 N–H and O–H groups in total. The highest BCUT2D eigenvalue weighted by molar-refractivity contribution is 7.66. The Balaban J connectivity index is 0.829. The lowest BCUT2D eigenvalue weighted by Crippen LogP contribution is -2.38. The average molecular weight is 1250 g/mol. The number of aliphatic hydroxyl groups is 4. The van der Waals surface area contributed by atoms with Gasteiger partial charge in [-0.2, -0.15) is 28.1 Å². The van der Waals surface area contributed by atoms with E-state index in [4.69, 9.17) is 48.5 Å². The van der Waals surface area contributed by atoms with Crippen LogP contribution >= 0.6 is 31.3 Å². The van der Waals surface area contributed by atoms with Gasteiger partial charge < -0.3 is 80.8 Å². The molecule has 39 nitrogen and oxygen atoms in total. The molecule has 8 unspecified atom stereocenters. The fourth-order valence-corrected chi connectivity index (χ4v) is 13.7. The van der Waals surface area contributed by atoms with E-state index in [1.165, 1.54) is 35.2 Å². The fraction of sp³-hybridized carbons (Fsp3) is 0.475. The second-order valence-corrected chi connectivity index (χ2v) is 24.8. The van der Waals surface area contributed by atoms with E-state index in [2.05, 4.69) is 53.8 Å². The standard InChI is InChI=1S/C40H51N15O24P4/c1-16-4-6-17(7-5-16)8-43-30-21-31(45-12-44-30)53(13-46-21)38-29(70-3)28(77-80(62,63)71-9-18-24(56)26(58)36(74-18)54-14-47-22-32(54)48-39(41)50-34(22)60)20(76-38)11-73-82(66,67)79-83(68,69)78-81(64,65)72-10-19-25(57)27(59)37(75-19)55-15-52(2)23-33(55)49-40(42)51-35(23)61/h4-7,12-15,18-20,24-29,36-38,56-59H,8-11H2,1-3H3,(H10-,41,42,43,44,45,48,49,50,51,60,61,62,63,64,65,66,67,68,69)/p+1/t18-,19-,20-,24?,25?,26+,27?,28?,29+,36-,37-,38-/m1/s1. The van der Waals surface area contributed by atoms with Crippen molar-refractivity contribution in [1.82, 2.24) is 53.6 Å². The number of hydrogen-bond acceptors (Lipinski definition) is 30. The van der Waals surface area contributed by atoms with Gasteiger partial charge in [-0.15, -0.1) is 0 Å². The Hall–Kier alpha value is -5.93. The largest absolute Gasteiger partial charge is 0.490 e. The first kappa shape index (κ1) is 60.2. The maximum Gasteiger partial charge on any atom is 0.490 e. The van der Waals surface area contributed by atoms with Gasteiger partial charge in [-0.3, -0.25) is 37.0 Å². The zero-order chi connectivity index (χ0) is 59.7. The van der Waals surface area contributed by atoms with Crippen molar-refractivity contribution in [2.45, 2.75) is 87.1 Å². The first-order chi connectivity index (χ1) is 39.1. The van der Waals surface area contributed by atoms with Crippen LogP contribution in [-0.2, 0) is 77.5 Å². The molecule has 43 heteroatoms.